The standard InChI is InChI=1S/C6H12N2/c1-2-6(1)5-7-3-4-8-6/h7-8H,1-5H2. The Labute approximate surface area is 49.7 Å². The maximum atomic E-state index is 3.51. The zero-order valence-electron chi connectivity index (χ0n) is 5.04. The van der Waals surface area contributed by atoms with Crippen LogP contribution in [0.15, 0.2) is 0 Å². The summed E-state index contributed by atoms with van der Waals surface area (Å²) in [6, 6.07) is 0. The molecule has 0 unspecified atom stereocenters. The first-order valence-corrected chi connectivity index (χ1v) is 3.37. The fourth-order valence-corrected chi connectivity index (χ4v) is 1.31. The first-order chi connectivity index (χ1) is 3.91. The van der Waals surface area contributed by atoms with E-state index in [1.807, 2.05) is 0 Å². The first-order valence-electron chi connectivity index (χ1n) is 3.37. The van der Waals surface area contributed by atoms with Gasteiger partial charge in [-0.3, -0.25) is 0 Å². The Bertz CT molecular complexity index is 88.7. The van der Waals surface area contributed by atoms with E-state index < -0.39 is 0 Å². The lowest BCUT2D eigenvalue weighted by Gasteiger charge is -2.23. The van der Waals surface area contributed by atoms with Gasteiger partial charge in [0.2, 0.25) is 0 Å². The summed E-state index contributed by atoms with van der Waals surface area (Å²) in [5, 5.41) is 6.88. The van der Waals surface area contributed by atoms with E-state index in [4.69, 9.17) is 0 Å². The van der Waals surface area contributed by atoms with Crippen LogP contribution in [0.2, 0.25) is 0 Å². The minimum Gasteiger partial charge on any atom is -0.314 e. The van der Waals surface area contributed by atoms with Gasteiger partial charge in [-0.15, -0.1) is 0 Å². The first kappa shape index (κ1) is 4.77. The number of rotatable bonds is 0. The molecule has 1 saturated carbocycles. The van der Waals surface area contributed by atoms with Crippen molar-refractivity contribution in [1.29, 1.82) is 0 Å². The second kappa shape index (κ2) is 1.45. The highest BCUT2D eigenvalue weighted by Crippen LogP contribution is 2.34. The molecule has 0 atom stereocenters. The molecular formula is C6H12N2. The predicted molar refractivity (Wildman–Crippen MR) is 32.8 cm³/mol. The number of piperazine rings is 1. The fourth-order valence-electron chi connectivity index (χ4n) is 1.31. The number of nitrogens with one attached hydrogen (secondary N) is 2. The summed E-state index contributed by atoms with van der Waals surface area (Å²) in [6.45, 7) is 3.52. The van der Waals surface area contributed by atoms with E-state index in [9.17, 15) is 0 Å². The van der Waals surface area contributed by atoms with E-state index in [-0.39, 0.29) is 0 Å². The van der Waals surface area contributed by atoms with Gasteiger partial charge in [0, 0.05) is 25.2 Å². The van der Waals surface area contributed by atoms with E-state index in [1.165, 1.54) is 25.9 Å². The Balaban J connectivity index is 1.95. The molecule has 2 heteroatoms. The van der Waals surface area contributed by atoms with Crippen LogP contribution >= 0.6 is 0 Å². The third kappa shape index (κ3) is 0.644. The Hall–Kier alpha value is -0.0800. The highest BCUT2D eigenvalue weighted by molar-refractivity contribution is 5.05. The third-order valence-electron chi connectivity index (χ3n) is 2.12. The van der Waals surface area contributed by atoms with Gasteiger partial charge in [-0.25, -0.2) is 0 Å². The van der Waals surface area contributed by atoms with Gasteiger partial charge in [0.15, 0.2) is 0 Å². The fraction of sp³-hybridized carbons (Fsp3) is 1.00. The van der Waals surface area contributed by atoms with Crippen molar-refractivity contribution in [2.75, 3.05) is 19.6 Å². The van der Waals surface area contributed by atoms with Crippen LogP contribution in [0.4, 0.5) is 0 Å². The summed E-state index contributed by atoms with van der Waals surface area (Å²) in [7, 11) is 0. The van der Waals surface area contributed by atoms with Crippen LogP contribution in [0, 0.1) is 0 Å². The van der Waals surface area contributed by atoms with Gasteiger partial charge >= 0.3 is 0 Å². The molecule has 2 rings (SSSR count). The van der Waals surface area contributed by atoms with Crippen molar-refractivity contribution < 1.29 is 0 Å². The molecule has 1 aliphatic carbocycles. The molecule has 0 bridgehead atoms. The zero-order chi connectivity index (χ0) is 5.45. The second-order valence-electron chi connectivity index (χ2n) is 2.88. The molecule has 46 valence electrons. The highest BCUT2D eigenvalue weighted by atomic mass is 15.1. The van der Waals surface area contributed by atoms with Crippen LogP contribution in [-0.2, 0) is 0 Å². The summed E-state index contributed by atoms with van der Waals surface area (Å²) in [5.74, 6) is 0. The Kier molecular flexibility index (Phi) is 0.866. The van der Waals surface area contributed by atoms with Crippen LogP contribution in [0.3, 0.4) is 0 Å². The van der Waals surface area contributed by atoms with Crippen molar-refractivity contribution in [2.24, 2.45) is 0 Å². The van der Waals surface area contributed by atoms with Crippen molar-refractivity contribution >= 4 is 0 Å². The minimum atomic E-state index is 0.568. The van der Waals surface area contributed by atoms with Gasteiger partial charge in [-0.05, 0) is 12.8 Å². The summed E-state index contributed by atoms with van der Waals surface area (Å²) in [5.41, 5.74) is 0.568. The summed E-state index contributed by atoms with van der Waals surface area (Å²) in [4.78, 5) is 0. The van der Waals surface area contributed by atoms with Crippen LogP contribution in [-0.4, -0.2) is 25.2 Å². The SMILES string of the molecule is C1CNC2(CC2)CN1. The quantitative estimate of drug-likeness (QED) is 0.450. The second-order valence-corrected chi connectivity index (χ2v) is 2.88. The van der Waals surface area contributed by atoms with Crippen molar-refractivity contribution in [2.45, 2.75) is 18.4 Å². The van der Waals surface area contributed by atoms with E-state index in [2.05, 4.69) is 10.6 Å². The topological polar surface area (TPSA) is 24.1 Å². The summed E-state index contributed by atoms with van der Waals surface area (Å²) >= 11 is 0. The molecule has 0 aromatic heterocycles. The lowest BCUT2D eigenvalue weighted by atomic mass is 10.2. The normalized spacial score (nSPS) is 33.0. The smallest absolute Gasteiger partial charge is 0.0308 e. The van der Waals surface area contributed by atoms with Crippen molar-refractivity contribution in [3.05, 3.63) is 0 Å². The van der Waals surface area contributed by atoms with Crippen molar-refractivity contribution in [3.63, 3.8) is 0 Å². The van der Waals surface area contributed by atoms with E-state index in [0.29, 0.717) is 5.54 Å². The van der Waals surface area contributed by atoms with Gasteiger partial charge in [0.25, 0.3) is 0 Å². The monoisotopic (exact) mass is 112 g/mol. The zero-order valence-corrected chi connectivity index (χ0v) is 5.04. The highest BCUT2D eigenvalue weighted by Gasteiger charge is 2.42. The molecule has 0 aromatic carbocycles. The molecule has 2 fully saturated rings. The Morgan fingerprint density at radius 3 is 2.38 bits per heavy atom. The van der Waals surface area contributed by atoms with Crippen LogP contribution in [0.5, 0.6) is 0 Å². The molecule has 0 amide bonds. The molecule has 2 N–H and O–H groups in total. The van der Waals surface area contributed by atoms with Gasteiger partial charge in [0.1, 0.15) is 0 Å². The molecular weight excluding hydrogens is 100 g/mol. The van der Waals surface area contributed by atoms with Gasteiger partial charge in [-0.2, -0.15) is 0 Å². The maximum Gasteiger partial charge on any atom is 0.0308 e. The van der Waals surface area contributed by atoms with Crippen LogP contribution in [0.1, 0.15) is 12.8 Å². The molecule has 1 heterocycles. The van der Waals surface area contributed by atoms with Crippen molar-refractivity contribution in [1.82, 2.24) is 10.6 Å². The van der Waals surface area contributed by atoms with Gasteiger partial charge < -0.3 is 10.6 Å². The minimum absolute atomic E-state index is 0.568. The lowest BCUT2D eigenvalue weighted by molar-refractivity contribution is 0.403. The van der Waals surface area contributed by atoms with Gasteiger partial charge in [-0.1, -0.05) is 0 Å². The molecule has 0 radical (unpaired) electrons. The van der Waals surface area contributed by atoms with E-state index >= 15 is 0 Å². The molecule has 8 heavy (non-hydrogen) atoms. The number of hydrogen-bond acceptors (Lipinski definition) is 2. The maximum absolute atomic E-state index is 3.51. The molecule has 0 aromatic rings. The molecule has 2 nitrogen and oxygen atoms in total. The average molecular weight is 112 g/mol. The molecule has 1 spiro atoms. The molecule has 1 saturated heterocycles. The lowest BCUT2D eigenvalue weighted by Crippen LogP contribution is -2.50. The Morgan fingerprint density at radius 2 is 2.00 bits per heavy atom. The Morgan fingerprint density at radius 1 is 1.12 bits per heavy atom. The van der Waals surface area contributed by atoms with E-state index in [0.717, 1.165) is 6.54 Å². The molecule has 2 aliphatic rings. The van der Waals surface area contributed by atoms with Crippen LogP contribution < -0.4 is 10.6 Å². The third-order valence-corrected chi connectivity index (χ3v) is 2.12. The average Bonchev–Trinajstić information content (AvgIpc) is 2.52. The van der Waals surface area contributed by atoms with Crippen molar-refractivity contribution in [3.8, 4) is 0 Å². The summed E-state index contributed by atoms with van der Waals surface area (Å²) in [6.07, 6.45) is 2.78. The predicted octanol–water partition coefficient (Wildman–Crippen LogP) is -0.288. The number of hydrogen-bond donors (Lipinski definition) is 2. The largest absolute Gasteiger partial charge is 0.314 e. The van der Waals surface area contributed by atoms with E-state index in [1.54, 1.807) is 0 Å². The summed E-state index contributed by atoms with van der Waals surface area (Å²) < 4.78 is 0. The van der Waals surface area contributed by atoms with Crippen LogP contribution in [0.25, 0.3) is 0 Å². The van der Waals surface area contributed by atoms with Gasteiger partial charge in [0.05, 0.1) is 0 Å². The molecule has 1 aliphatic heterocycles.